The molecule has 0 aliphatic rings. The van der Waals surface area contributed by atoms with Gasteiger partial charge in [-0.1, -0.05) is 12.1 Å². The second-order valence-electron chi connectivity index (χ2n) is 3.70. The maximum atomic E-state index is 12.2. The molecule has 0 aliphatic carbocycles. The van der Waals surface area contributed by atoms with Gasteiger partial charge >= 0.3 is 6.61 Å². The third-order valence-corrected chi connectivity index (χ3v) is 2.39. The van der Waals surface area contributed by atoms with Crippen molar-refractivity contribution in [2.45, 2.75) is 25.3 Å². The van der Waals surface area contributed by atoms with Crippen molar-refractivity contribution in [1.82, 2.24) is 5.32 Å². The number of amides is 1. The SMILES string of the molecule is CC(Cl)CCNC(=O)c1ccccc1OC(F)F. The van der Waals surface area contributed by atoms with Gasteiger partial charge in [-0.2, -0.15) is 8.78 Å². The molecule has 0 saturated carbocycles. The van der Waals surface area contributed by atoms with Gasteiger partial charge in [-0.15, -0.1) is 11.6 Å². The zero-order chi connectivity index (χ0) is 13.5. The lowest BCUT2D eigenvalue weighted by Crippen LogP contribution is -2.26. The zero-order valence-electron chi connectivity index (χ0n) is 9.83. The predicted molar refractivity (Wildman–Crippen MR) is 65.3 cm³/mol. The number of halogens is 3. The molecule has 1 aromatic carbocycles. The summed E-state index contributed by atoms with van der Waals surface area (Å²) in [4.78, 5) is 11.7. The van der Waals surface area contributed by atoms with Crippen LogP contribution >= 0.6 is 11.6 Å². The van der Waals surface area contributed by atoms with E-state index in [-0.39, 0.29) is 16.7 Å². The van der Waals surface area contributed by atoms with Crippen molar-refractivity contribution >= 4 is 17.5 Å². The van der Waals surface area contributed by atoms with Crippen molar-refractivity contribution < 1.29 is 18.3 Å². The highest BCUT2D eigenvalue weighted by molar-refractivity contribution is 6.20. The minimum absolute atomic E-state index is 0.0575. The van der Waals surface area contributed by atoms with Gasteiger partial charge < -0.3 is 10.1 Å². The fourth-order valence-electron chi connectivity index (χ4n) is 1.33. The summed E-state index contributed by atoms with van der Waals surface area (Å²) >= 11 is 5.73. The Morgan fingerprint density at radius 2 is 2.11 bits per heavy atom. The van der Waals surface area contributed by atoms with Gasteiger partial charge in [0, 0.05) is 11.9 Å². The Bertz CT molecular complexity index is 399. The van der Waals surface area contributed by atoms with Crippen molar-refractivity contribution in [3.8, 4) is 5.75 Å². The Morgan fingerprint density at radius 3 is 2.72 bits per heavy atom. The number of rotatable bonds is 6. The standard InChI is InChI=1S/C12H14ClF2NO2/c1-8(13)6-7-16-11(17)9-4-2-3-5-10(9)18-12(14)15/h2-5,8,12H,6-7H2,1H3,(H,16,17). The highest BCUT2D eigenvalue weighted by Gasteiger charge is 2.14. The monoisotopic (exact) mass is 277 g/mol. The Balaban J connectivity index is 2.66. The molecule has 0 aliphatic heterocycles. The van der Waals surface area contributed by atoms with E-state index in [9.17, 15) is 13.6 Å². The number of nitrogens with one attached hydrogen (secondary N) is 1. The first kappa shape index (κ1) is 14.7. The molecule has 1 amide bonds. The summed E-state index contributed by atoms with van der Waals surface area (Å²) in [6.45, 7) is -0.768. The summed E-state index contributed by atoms with van der Waals surface area (Å²) in [5.41, 5.74) is 0.0834. The van der Waals surface area contributed by atoms with Crippen molar-refractivity contribution in [3.63, 3.8) is 0 Å². The van der Waals surface area contributed by atoms with E-state index in [1.807, 2.05) is 6.92 Å². The molecule has 0 saturated heterocycles. The maximum Gasteiger partial charge on any atom is 0.387 e. The number of alkyl halides is 3. The van der Waals surface area contributed by atoms with Crippen LogP contribution in [0.25, 0.3) is 0 Å². The Hall–Kier alpha value is -1.36. The molecule has 0 heterocycles. The second kappa shape index (κ2) is 7.16. The van der Waals surface area contributed by atoms with Crippen LogP contribution in [-0.2, 0) is 0 Å². The summed E-state index contributed by atoms with van der Waals surface area (Å²) < 4.78 is 28.6. The summed E-state index contributed by atoms with van der Waals surface area (Å²) in [6, 6.07) is 5.86. The minimum Gasteiger partial charge on any atom is -0.434 e. The first-order chi connectivity index (χ1) is 8.50. The lowest BCUT2D eigenvalue weighted by molar-refractivity contribution is -0.0501. The smallest absolute Gasteiger partial charge is 0.387 e. The quantitative estimate of drug-likeness (QED) is 0.812. The van der Waals surface area contributed by atoms with E-state index in [0.29, 0.717) is 13.0 Å². The summed E-state index contributed by atoms with van der Waals surface area (Å²) in [5, 5.41) is 2.54. The van der Waals surface area contributed by atoms with Crippen molar-refractivity contribution in [3.05, 3.63) is 29.8 Å². The lowest BCUT2D eigenvalue weighted by atomic mass is 10.2. The van der Waals surface area contributed by atoms with Crippen molar-refractivity contribution in [2.24, 2.45) is 0 Å². The number of para-hydroxylation sites is 1. The Morgan fingerprint density at radius 1 is 1.44 bits per heavy atom. The first-order valence-corrected chi connectivity index (χ1v) is 5.90. The summed E-state index contributed by atoms with van der Waals surface area (Å²) in [5.74, 6) is -0.590. The van der Waals surface area contributed by atoms with E-state index in [1.54, 1.807) is 6.07 Å². The van der Waals surface area contributed by atoms with E-state index in [1.165, 1.54) is 18.2 Å². The van der Waals surface area contributed by atoms with Crippen LogP contribution in [0.3, 0.4) is 0 Å². The van der Waals surface area contributed by atoms with Crippen LogP contribution in [-0.4, -0.2) is 24.4 Å². The van der Waals surface area contributed by atoms with E-state index in [4.69, 9.17) is 11.6 Å². The molecule has 1 N–H and O–H groups in total. The molecule has 0 bridgehead atoms. The average Bonchev–Trinajstić information content (AvgIpc) is 2.28. The van der Waals surface area contributed by atoms with E-state index < -0.39 is 12.5 Å². The molecular formula is C12H14ClF2NO2. The number of carbonyl (C=O) groups excluding carboxylic acids is 1. The van der Waals surface area contributed by atoms with E-state index >= 15 is 0 Å². The van der Waals surface area contributed by atoms with Gasteiger partial charge in [-0.3, -0.25) is 4.79 Å². The molecule has 1 atom stereocenters. The number of ether oxygens (including phenoxy) is 1. The first-order valence-electron chi connectivity index (χ1n) is 5.47. The van der Waals surface area contributed by atoms with Crippen LogP contribution in [0.4, 0.5) is 8.78 Å². The van der Waals surface area contributed by atoms with Gasteiger partial charge in [-0.25, -0.2) is 0 Å². The topological polar surface area (TPSA) is 38.3 Å². The molecule has 0 radical (unpaired) electrons. The van der Waals surface area contributed by atoms with Crippen LogP contribution in [0.15, 0.2) is 24.3 Å². The number of hydrogen-bond acceptors (Lipinski definition) is 2. The second-order valence-corrected chi connectivity index (χ2v) is 4.45. The van der Waals surface area contributed by atoms with Crippen LogP contribution in [0.2, 0.25) is 0 Å². The van der Waals surface area contributed by atoms with Crippen molar-refractivity contribution in [1.29, 1.82) is 0 Å². The maximum absolute atomic E-state index is 12.2. The van der Waals surface area contributed by atoms with E-state index in [0.717, 1.165) is 0 Å². The summed E-state index contributed by atoms with van der Waals surface area (Å²) in [7, 11) is 0. The van der Waals surface area contributed by atoms with Gasteiger partial charge in [-0.05, 0) is 25.5 Å². The van der Waals surface area contributed by atoms with Crippen molar-refractivity contribution in [2.75, 3.05) is 6.54 Å². The predicted octanol–water partition coefficient (Wildman–Crippen LogP) is 3.04. The number of carbonyl (C=O) groups is 1. The molecular weight excluding hydrogens is 264 g/mol. The van der Waals surface area contributed by atoms with Crippen LogP contribution in [0, 0.1) is 0 Å². The highest BCUT2D eigenvalue weighted by Crippen LogP contribution is 2.20. The molecule has 18 heavy (non-hydrogen) atoms. The minimum atomic E-state index is -2.96. The van der Waals surface area contributed by atoms with Crippen LogP contribution in [0.5, 0.6) is 5.75 Å². The molecule has 1 aromatic rings. The average molecular weight is 278 g/mol. The molecule has 0 aromatic heterocycles. The van der Waals surface area contributed by atoms with Crippen LogP contribution < -0.4 is 10.1 Å². The van der Waals surface area contributed by atoms with E-state index in [2.05, 4.69) is 10.1 Å². The van der Waals surface area contributed by atoms with Gasteiger partial charge in [0.2, 0.25) is 0 Å². The zero-order valence-corrected chi connectivity index (χ0v) is 10.6. The molecule has 0 fully saturated rings. The summed E-state index contributed by atoms with van der Waals surface area (Å²) in [6.07, 6.45) is 0.602. The molecule has 0 spiro atoms. The lowest BCUT2D eigenvalue weighted by Gasteiger charge is -2.11. The molecule has 1 rings (SSSR count). The van der Waals surface area contributed by atoms with Gasteiger partial charge in [0.15, 0.2) is 0 Å². The number of benzene rings is 1. The Kier molecular flexibility index (Phi) is 5.85. The fourth-order valence-corrected chi connectivity index (χ4v) is 1.44. The highest BCUT2D eigenvalue weighted by atomic mass is 35.5. The molecule has 6 heteroatoms. The van der Waals surface area contributed by atoms with Gasteiger partial charge in [0.05, 0.1) is 5.56 Å². The van der Waals surface area contributed by atoms with Gasteiger partial charge in [0.1, 0.15) is 5.75 Å². The third-order valence-electron chi connectivity index (χ3n) is 2.18. The van der Waals surface area contributed by atoms with Crippen LogP contribution in [0.1, 0.15) is 23.7 Å². The number of hydrogen-bond donors (Lipinski definition) is 1. The third kappa shape index (κ3) is 4.87. The molecule has 100 valence electrons. The Labute approximate surface area is 109 Å². The molecule has 3 nitrogen and oxygen atoms in total. The van der Waals surface area contributed by atoms with Gasteiger partial charge in [0.25, 0.3) is 5.91 Å². The normalized spacial score (nSPS) is 12.3. The molecule has 1 unspecified atom stereocenters. The largest absolute Gasteiger partial charge is 0.434 e. The fraction of sp³-hybridized carbons (Fsp3) is 0.417.